The number of furan rings is 1. The maximum absolute atomic E-state index is 13.5. The zero-order valence-corrected chi connectivity index (χ0v) is 19.3. The third kappa shape index (κ3) is 2.74. The van der Waals surface area contributed by atoms with Crippen molar-refractivity contribution in [1.29, 1.82) is 0 Å². The maximum Gasteiger partial charge on any atom is 0.331 e. The molecule has 0 aliphatic carbocycles. The van der Waals surface area contributed by atoms with Crippen LogP contribution in [0.2, 0.25) is 0 Å². The lowest BCUT2D eigenvalue weighted by Gasteiger charge is -2.38. The van der Waals surface area contributed by atoms with Gasteiger partial charge in [-0.15, -0.1) is 0 Å². The van der Waals surface area contributed by atoms with Gasteiger partial charge in [0, 0.05) is 24.1 Å². The van der Waals surface area contributed by atoms with Crippen molar-refractivity contribution in [3.63, 3.8) is 0 Å². The quantitative estimate of drug-likeness (QED) is 0.433. The van der Waals surface area contributed by atoms with Gasteiger partial charge < -0.3 is 13.7 Å². The molecule has 31 heavy (non-hydrogen) atoms. The van der Waals surface area contributed by atoms with E-state index in [4.69, 9.17) is 9.15 Å². The molecule has 0 spiro atoms. The lowest BCUT2D eigenvalue weighted by molar-refractivity contribution is -0.0164. The second kappa shape index (κ2) is 6.83. The minimum atomic E-state index is -0.542. The summed E-state index contributed by atoms with van der Waals surface area (Å²) in [6, 6.07) is 11.5. The molecule has 4 aromatic rings. The summed E-state index contributed by atoms with van der Waals surface area (Å²) < 4.78 is 17.7. The van der Waals surface area contributed by atoms with Crippen molar-refractivity contribution >= 4 is 26.8 Å². The van der Waals surface area contributed by atoms with Gasteiger partial charge in [0.1, 0.15) is 5.76 Å². The lowest BCUT2D eigenvalue weighted by atomic mass is 10.0. The largest absolute Gasteiger partial charge is 0.466 e. The van der Waals surface area contributed by atoms with Gasteiger partial charge in [-0.05, 0) is 32.0 Å². The van der Waals surface area contributed by atoms with E-state index in [1.54, 1.807) is 19.4 Å². The SMILES string of the molecule is Cn1c(=O)c2c(-c3ccccc3Br)n3c(c2n(C)c1=O)C(c1ccco1)OCC3(C)C. The fraction of sp³-hybridized carbons (Fsp3) is 0.304. The number of nitrogens with zero attached hydrogens (tertiary/aromatic N) is 3. The zero-order valence-electron chi connectivity index (χ0n) is 17.7. The van der Waals surface area contributed by atoms with Gasteiger partial charge in [0.25, 0.3) is 5.56 Å². The summed E-state index contributed by atoms with van der Waals surface area (Å²) in [6.07, 6.45) is 1.06. The van der Waals surface area contributed by atoms with Crippen molar-refractivity contribution in [2.75, 3.05) is 6.61 Å². The Balaban J connectivity index is 2.07. The Bertz CT molecular complexity index is 1440. The normalized spacial score (nSPS) is 17.8. The number of halogens is 1. The van der Waals surface area contributed by atoms with Gasteiger partial charge in [0.2, 0.25) is 0 Å². The molecule has 7 nitrogen and oxygen atoms in total. The van der Waals surface area contributed by atoms with E-state index in [9.17, 15) is 9.59 Å². The molecule has 0 radical (unpaired) electrons. The number of benzene rings is 1. The van der Waals surface area contributed by atoms with Crippen molar-refractivity contribution < 1.29 is 9.15 Å². The molecule has 4 heterocycles. The highest BCUT2D eigenvalue weighted by atomic mass is 79.9. The highest BCUT2D eigenvalue weighted by Crippen LogP contribution is 2.46. The fourth-order valence-corrected chi connectivity index (χ4v) is 5.03. The predicted molar refractivity (Wildman–Crippen MR) is 121 cm³/mol. The van der Waals surface area contributed by atoms with Crippen LogP contribution in [0.5, 0.6) is 0 Å². The van der Waals surface area contributed by atoms with Crippen molar-refractivity contribution in [1.82, 2.24) is 13.7 Å². The third-order valence-corrected chi connectivity index (χ3v) is 6.69. The number of hydrogen-bond acceptors (Lipinski definition) is 4. The van der Waals surface area contributed by atoms with Crippen LogP contribution in [0.3, 0.4) is 0 Å². The summed E-state index contributed by atoms with van der Waals surface area (Å²) >= 11 is 3.66. The van der Waals surface area contributed by atoms with Crippen molar-refractivity contribution in [3.8, 4) is 11.3 Å². The summed E-state index contributed by atoms with van der Waals surface area (Å²) in [5, 5.41) is 0.488. The number of fused-ring (bicyclic) bond motifs is 3. The molecule has 0 fully saturated rings. The topological polar surface area (TPSA) is 71.3 Å². The van der Waals surface area contributed by atoms with Gasteiger partial charge >= 0.3 is 5.69 Å². The van der Waals surface area contributed by atoms with Gasteiger partial charge in [0.05, 0.1) is 40.7 Å². The minimum absolute atomic E-state index is 0.334. The smallest absolute Gasteiger partial charge is 0.331 e. The molecule has 1 atom stereocenters. The van der Waals surface area contributed by atoms with Crippen molar-refractivity contribution in [2.24, 2.45) is 14.1 Å². The van der Waals surface area contributed by atoms with E-state index < -0.39 is 11.6 Å². The van der Waals surface area contributed by atoms with Gasteiger partial charge in [-0.25, -0.2) is 4.79 Å². The first-order chi connectivity index (χ1) is 14.7. The summed E-state index contributed by atoms with van der Waals surface area (Å²) in [6.45, 7) is 4.55. The van der Waals surface area contributed by atoms with E-state index in [1.165, 1.54) is 11.6 Å². The molecular formula is C23H22BrN3O4. The van der Waals surface area contributed by atoms with Crippen LogP contribution in [0, 0.1) is 0 Å². The average molecular weight is 484 g/mol. The Hall–Kier alpha value is -2.84. The van der Waals surface area contributed by atoms with Crippen molar-refractivity contribution in [3.05, 3.63) is 79.4 Å². The van der Waals surface area contributed by atoms with E-state index in [-0.39, 0.29) is 11.2 Å². The van der Waals surface area contributed by atoms with Crippen LogP contribution in [-0.4, -0.2) is 20.3 Å². The molecule has 1 aliphatic rings. The first-order valence-electron chi connectivity index (χ1n) is 9.98. The average Bonchev–Trinajstić information content (AvgIpc) is 3.38. The Morgan fingerprint density at radius 1 is 1.06 bits per heavy atom. The molecule has 0 bridgehead atoms. The lowest BCUT2D eigenvalue weighted by Crippen LogP contribution is -2.40. The Kier molecular flexibility index (Phi) is 4.43. The van der Waals surface area contributed by atoms with E-state index >= 15 is 0 Å². The number of aromatic nitrogens is 3. The first-order valence-corrected chi connectivity index (χ1v) is 10.8. The van der Waals surface area contributed by atoms with Crippen LogP contribution in [0.15, 0.2) is 61.1 Å². The molecule has 0 saturated carbocycles. The highest BCUT2D eigenvalue weighted by molar-refractivity contribution is 9.10. The zero-order chi connectivity index (χ0) is 22.1. The Morgan fingerprint density at radius 3 is 2.48 bits per heavy atom. The van der Waals surface area contributed by atoms with E-state index in [1.807, 2.05) is 30.3 Å². The molecule has 0 N–H and O–H groups in total. The van der Waals surface area contributed by atoms with Gasteiger partial charge in [0.15, 0.2) is 6.10 Å². The second-order valence-corrected chi connectivity index (χ2v) is 9.35. The number of hydrogen-bond donors (Lipinski definition) is 0. The number of ether oxygens (including phenoxy) is 1. The molecule has 1 aliphatic heterocycles. The molecule has 8 heteroatoms. The first kappa shape index (κ1) is 20.1. The number of rotatable bonds is 2. The molecular weight excluding hydrogens is 462 g/mol. The fourth-order valence-electron chi connectivity index (χ4n) is 4.56. The van der Waals surface area contributed by atoms with Crippen LogP contribution in [-0.2, 0) is 24.4 Å². The van der Waals surface area contributed by atoms with Crippen LogP contribution in [0.1, 0.15) is 31.4 Å². The molecule has 1 unspecified atom stereocenters. The third-order valence-electron chi connectivity index (χ3n) is 6.00. The summed E-state index contributed by atoms with van der Waals surface area (Å²) in [4.78, 5) is 26.4. The Labute approximate surface area is 186 Å². The molecule has 1 aromatic carbocycles. The van der Waals surface area contributed by atoms with Gasteiger partial charge in [-0.2, -0.15) is 0 Å². The Morgan fingerprint density at radius 2 is 1.81 bits per heavy atom. The second-order valence-electron chi connectivity index (χ2n) is 8.50. The van der Waals surface area contributed by atoms with Crippen LogP contribution in [0.4, 0.5) is 0 Å². The number of aryl methyl sites for hydroxylation is 1. The molecule has 5 rings (SSSR count). The monoisotopic (exact) mass is 483 g/mol. The molecule has 0 amide bonds. The summed E-state index contributed by atoms with van der Waals surface area (Å²) in [5.74, 6) is 0.628. The summed E-state index contributed by atoms with van der Waals surface area (Å²) in [7, 11) is 3.20. The standard InChI is InChI=1S/C23H22BrN3O4/c1-23(2)12-31-20(15-10-7-11-30-15)19-18-16(21(28)26(4)22(29)25(18)3)17(27(19)23)13-8-5-6-9-14(13)24/h5-11,20H,12H2,1-4H3. The van der Waals surface area contributed by atoms with Gasteiger partial charge in [-0.3, -0.25) is 13.9 Å². The van der Waals surface area contributed by atoms with Crippen molar-refractivity contribution in [2.45, 2.75) is 25.5 Å². The highest BCUT2D eigenvalue weighted by Gasteiger charge is 2.41. The van der Waals surface area contributed by atoms with E-state index in [0.29, 0.717) is 23.3 Å². The maximum atomic E-state index is 13.5. The molecule has 3 aromatic heterocycles. The molecule has 0 saturated heterocycles. The van der Waals surface area contributed by atoms with E-state index in [0.717, 1.165) is 26.0 Å². The van der Waals surface area contributed by atoms with Crippen LogP contribution in [0.25, 0.3) is 22.2 Å². The summed E-state index contributed by atoms with van der Waals surface area (Å²) in [5.41, 5.74) is 1.76. The van der Waals surface area contributed by atoms with E-state index in [2.05, 4.69) is 34.3 Å². The predicted octanol–water partition coefficient (Wildman–Crippen LogP) is 3.92. The van der Waals surface area contributed by atoms with Gasteiger partial charge in [-0.1, -0.05) is 34.1 Å². The van der Waals surface area contributed by atoms with Crippen LogP contribution < -0.4 is 11.2 Å². The van der Waals surface area contributed by atoms with Crippen LogP contribution >= 0.6 is 15.9 Å². The minimum Gasteiger partial charge on any atom is -0.466 e. The molecule has 160 valence electrons.